The van der Waals surface area contributed by atoms with Gasteiger partial charge in [-0.3, -0.25) is 4.48 Å². The van der Waals surface area contributed by atoms with E-state index >= 15 is 0 Å². The van der Waals surface area contributed by atoms with E-state index in [2.05, 4.69) is 51.2 Å². The highest BCUT2D eigenvalue weighted by Gasteiger charge is 2.68. The van der Waals surface area contributed by atoms with E-state index in [-0.39, 0.29) is 23.7 Å². The van der Waals surface area contributed by atoms with Gasteiger partial charge in [0.25, 0.3) is 0 Å². The zero-order valence-electron chi connectivity index (χ0n) is 25.7. The van der Waals surface area contributed by atoms with Gasteiger partial charge in [0.15, 0.2) is 6.10 Å². The van der Waals surface area contributed by atoms with Gasteiger partial charge in [0.05, 0.1) is 7.11 Å². The second kappa shape index (κ2) is 12.6. The number of ether oxygens (including phenoxy) is 2. The molecule has 224 valence electrons. The molecule has 0 bridgehead atoms. The first-order valence-corrected chi connectivity index (χ1v) is 16.2. The lowest BCUT2D eigenvalue weighted by Crippen LogP contribution is -2.73. The molecule has 2 unspecified atom stereocenters. The summed E-state index contributed by atoms with van der Waals surface area (Å²) in [4.78, 5) is 18.1. The molecule has 5 rings (SSSR count). The van der Waals surface area contributed by atoms with Gasteiger partial charge < -0.3 is 14.8 Å². The van der Waals surface area contributed by atoms with Crippen molar-refractivity contribution >= 4 is 23.4 Å². The summed E-state index contributed by atoms with van der Waals surface area (Å²) < 4.78 is 12.4. The molecule has 0 saturated carbocycles. The minimum Gasteiger partial charge on any atom is -0.464 e. The molecule has 4 heterocycles. The fourth-order valence-electron chi connectivity index (χ4n) is 7.49. The number of benzene rings is 1. The van der Waals surface area contributed by atoms with Gasteiger partial charge in [-0.25, -0.2) is 9.78 Å². The predicted octanol–water partition coefficient (Wildman–Crippen LogP) is 7.16. The summed E-state index contributed by atoms with van der Waals surface area (Å²) in [5, 5.41) is 4.15. The number of nitrogens with zero attached hydrogens (tertiary/aromatic N) is 2. The number of rotatable bonds is 12. The number of anilines is 1. The van der Waals surface area contributed by atoms with Crippen molar-refractivity contribution in [3.8, 4) is 0 Å². The van der Waals surface area contributed by atoms with Crippen molar-refractivity contribution in [2.75, 3.05) is 38.7 Å². The lowest BCUT2D eigenvalue weighted by atomic mass is 9.83. The van der Waals surface area contributed by atoms with E-state index in [1.54, 1.807) is 0 Å². The number of hydrogen-bond donors (Lipinski definition) is 1. The number of fused-ring (bicyclic) bond motifs is 2. The molecule has 1 N–H and O–H groups in total. The Kier molecular flexibility index (Phi) is 9.32. The molecule has 1 fully saturated rings. The molecule has 0 radical (unpaired) electrons. The minimum atomic E-state index is -0.357. The highest BCUT2D eigenvalue weighted by Crippen LogP contribution is 2.58. The van der Waals surface area contributed by atoms with Gasteiger partial charge in [-0.15, -0.1) is 0 Å². The van der Waals surface area contributed by atoms with E-state index in [4.69, 9.17) is 26.1 Å². The fraction of sp³-hybridized carbons (Fsp3) is 0.647. The Hall–Kier alpha value is -2.15. The largest absolute Gasteiger partial charge is 0.464 e. The van der Waals surface area contributed by atoms with Crippen molar-refractivity contribution in [3.63, 3.8) is 0 Å². The van der Waals surface area contributed by atoms with Crippen LogP contribution in [0.1, 0.15) is 100 Å². The van der Waals surface area contributed by atoms with E-state index in [0.29, 0.717) is 15.4 Å². The fourth-order valence-corrected chi connectivity index (χ4v) is 7.74. The average molecular weight is 583 g/mol. The van der Waals surface area contributed by atoms with Gasteiger partial charge in [-0.2, -0.15) is 0 Å². The van der Waals surface area contributed by atoms with Crippen LogP contribution in [-0.2, 0) is 39.1 Å². The molecule has 6 nitrogen and oxygen atoms in total. The first-order chi connectivity index (χ1) is 19.7. The third-order valence-corrected chi connectivity index (χ3v) is 10.4. The van der Waals surface area contributed by atoms with Crippen LogP contribution in [0.2, 0.25) is 5.02 Å². The van der Waals surface area contributed by atoms with Gasteiger partial charge in [-0.05, 0) is 94.0 Å². The van der Waals surface area contributed by atoms with Crippen LogP contribution in [0, 0.1) is 5.92 Å². The third-order valence-electron chi connectivity index (χ3n) is 10.2. The smallest absolute Gasteiger partial charge is 0.369 e. The van der Waals surface area contributed by atoms with Crippen LogP contribution in [-0.4, -0.2) is 54.9 Å². The van der Waals surface area contributed by atoms with Gasteiger partial charge >= 0.3 is 5.97 Å². The molecule has 0 amide bonds. The number of carbonyl (C=O) groups excluding carboxylic acids is 1. The normalized spacial score (nSPS) is 24.7. The van der Waals surface area contributed by atoms with Crippen molar-refractivity contribution < 1.29 is 18.8 Å². The standard InChI is InChI=1S/C34H49ClN3O3/c1-6-23(2)13-14-25-19-26(35)20-29-30(25)34(3,4)38(31(29)33(39)40-5)21-28(22-38)41-18-9-7-8-12-27-16-15-24-11-10-17-36-32(24)37-27/h15-16,19-20,23,28,31H,6-14,17-18,21-22H2,1-5H3,(H,36,37)/q+1. The van der Waals surface area contributed by atoms with E-state index in [0.717, 1.165) is 82.6 Å². The average Bonchev–Trinajstić information content (AvgIpc) is 3.15. The molecule has 1 saturated heterocycles. The first kappa shape index (κ1) is 30.3. The number of quaternary nitrogens is 1. The molecule has 0 aliphatic carbocycles. The minimum absolute atomic E-state index is 0.156. The molecule has 7 heteroatoms. The zero-order valence-corrected chi connectivity index (χ0v) is 26.5. The van der Waals surface area contributed by atoms with Crippen molar-refractivity contribution in [1.82, 2.24) is 4.98 Å². The Labute approximate surface area is 251 Å². The zero-order chi connectivity index (χ0) is 29.2. The number of aryl methyl sites for hydroxylation is 3. The maximum absolute atomic E-state index is 13.3. The number of methoxy groups -OCH3 is 1. The SMILES string of the molecule is CCC(C)CCc1cc(Cl)cc2c1C(C)(C)[N+]1(CC(OCCCCCc3ccc4c(n3)NCCC4)C1)C2C(=O)OC. The molecule has 3 aliphatic rings. The number of pyridine rings is 1. The second-order valence-electron chi connectivity index (χ2n) is 13.1. The Bertz CT molecular complexity index is 1240. The topological polar surface area (TPSA) is 60.5 Å². The number of esters is 1. The predicted molar refractivity (Wildman–Crippen MR) is 165 cm³/mol. The molecular weight excluding hydrogens is 534 g/mol. The van der Waals surface area contributed by atoms with Crippen LogP contribution >= 0.6 is 11.6 Å². The van der Waals surface area contributed by atoms with Crippen LogP contribution in [0.5, 0.6) is 0 Å². The van der Waals surface area contributed by atoms with Crippen LogP contribution in [0.15, 0.2) is 24.3 Å². The van der Waals surface area contributed by atoms with E-state index < -0.39 is 0 Å². The molecule has 2 atom stereocenters. The van der Waals surface area contributed by atoms with Crippen molar-refractivity contribution in [2.24, 2.45) is 5.92 Å². The van der Waals surface area contributed by atoms with Gasteiger partial charge in [0, 0.05) is 35.0 Å². The number of aromatic nitrogens is 1. The first-order valence-electron chi connectivity index (χ1n) is 15.8. The maximum atomic E-state index is 13.3. The molecule has 3 aliphatic heterocycles. The van der Waals surface area contributed by atoms with Gasteiger partial charge in [0.1, 0.15) is 24.4 Å². The number of halogens is 1. The second-order valence-corrected chi connectivity index (χ2v) is 13.5. The quantitative estimate of drug-likeness (QED) is 0.163. The highest BCUT2D eigenvalue weighted by atomic mass is 35.5. The summed E-state index contributed by atoms with van der Waals surface area (Å²) in [5.74, 6) is 1.57. The van der Waals surface area contributed by atoms with Crippen molar-refractivity contribution in [3.05, 3.63) is 57.2 Å². The lowest BCUT2D eigenvalue weighted by Gasteiger charge is -2.57. The van der Waals surface area contributed by atoms with Crippen LogP contribution in [0.3, 0.4) is 0 Å². The van der Waals surface area contributed by atoms with Crippen molar-refractivity contribution in [2.45, 2.75) is 103 Å². The molecule has 2 aromatic rings. The van der Waals surface area contributed by atoms with Crippen molar-refractivity contribution in [1.29, 1.82) is 0 Å². The Balaban J connectivity index is 1.18. The summed E-state index contributed by atoms with van der Waals surface area (Å²) in [6, 6.07) is 8.22. The summed E-state index contributed by atoms with van der Waals surface area (Å²) in [6.45, 7) is 12.6. The summed E-state index contributed by atoms with van der Waals surface area (Å²) >= 11 is 6.66. The van der Waals surface area contributed by atoms with Gasteiger partial charge in [-0.1, -0.05) is 44.4 Å². The number of unbranched alkanes of at least 4 members (excludes halogenated alkanes) is 2. The summed E-state index contributed by atoms with van der Waals surface area (Å²) in [7, 11) is 1.50. The molecule has 1 spiro atoms. The van der Waals surface area contributed by atoms with E-state index in [1.165, 1.54) is 42.3 Å². The van der Waals surface area contributed by atoms with E-state index in [1.807, 2.05) is 6.07 Å². The van der Waals surface area contributed by atoms with Gasteiger partial charge in [0.2, 0.25) is 6.04 Å². The maximum Gasteiger partial charge on any atom is 0.369 e. The molecule has 41 heavy (non-hydrogen) atoms. The summed E-state index contributed by atoms with van der Waals surface area (Å²) in [5.41, 5.74) is 5.94. The van der Waals surface area contributed by atoms with Crippen LogP contribution in [0.25, 0.3) is 0 Å². The summed E-state index contributed by atoms with van der Waals surface area (Å²) in [6.07, 6.45) is 10.0. The van der Waals surface area contributed by atoms with Crippen LogP contribution in [0.4, 0.5) is 5.82 Å². The molecule has 1 aromatic heterocycles. The Morgan fingerprint density at radius 3 is 2.76 bits per heavy atom. The number of nitrogens with one attached hydrogen (secondary N) is 1. The van der Waals surface area contributed by atoms with Crippen LogP contribution < -0.4 is 5.32 Å². The third kappa shape index (κ3) is 5.89. The molecule has 1 aromatic carbocycles. The molecular formula is C34H49ClN3O3+. The Morgan fingerprint density at radius 2 is 2.00 bits per heavy atom. The monoisotopic (exact) mass is 582 g/mol. The van der Waals surface area contributed by atoms with E-state index in [9.17, 15) is 4.79 Å². The Morgan fingerprint density at radius 1 is 1.20 bits per heavy atom. The lowest BCUT2D eigenvalue weighted by molar-refractivity contribution is -1.03. The number of hydrogen-bond acceptors (Lipinski definition) is 5. The highest BCUT2D eigenvalue weighted by molar-refractivity contribution is 6.30. The number of carbonyl (C=O) groups is 1.